The van der Waals surface area contributed by atoms with Crippen LogP contribution in [0.4, 0.5) is 9.52 Å². The number of hydrogen-bond acceptors (Lipinski definition) is 9. The molecule has 0 radical (unpaired) electrons. The topological polar surface area (TPSA) is 102 Å². The van der Waals surface area contributed by atoms with E-state index in [1.165, 1.54) is 28.8 Å². The van der Waals surface area contributed by atoms with E-state index < -0.39 is 17.7 Å². The van der Waals surface area contributed by atoms with Gasteiger partial charge in [0.1, 0.15) is 29.7 Å². The average Bonchev–Trinajstić information content (AvgIpc) is 3.65. The summed E-state index contributed by atoms with van der Waals surface area (Å²) in [5.74, 6) is -0.603. The number of benzene rings is 4. The zero-order valence-electron chi connectivity index (χ0n) is 24.8. The monoisotopic (exact) mass is 653 g/mol. The molecule has 6 rings (SSSR count). The molecular formula is C35H28FN3O5S2. The van der Waals surface area contributed by atoms with Gasteiger partial charge in [-0.2, -0.15) is 0 Å². The first-order chi connectivity index (χ1) is 22.3. The van der Waals surface area contributed by atoms with Crippen LogP contribution in [0.3, 0.4) is 0 Å². The predicted molar refractivity (Wildman–Crippen MR) is 176 cm³/mol. The average molecular weight is 654 g/mol. The van der Waals surface area contributed by atoms with Crippen molar-refractivity contribution in [3.8, 4) is 11.5 Å². The van der Waals surface area contributed by atoms with Gasteiger partial charge in [-0.05, 0) is 72.1 Å². The standard InChI is InChI=1S/C35H28FN3O5S2/c1-21-4-3-5-23(18-21)19-44-28-16-10-25(11-17-28)31(40)29-30(24-8-14-27(43-2)15-9-24)39(33(42)32(29)41)34-37-38-35(46-34)45-20-22-6-12-26(36)13-7-22/h3-18,30,40H,19-20H2,1-2H3/b31-29+. The Hall–Kier alpha value is -5.00. The lowest BCUT2D eigenvalue weighted by Gasteiger charge is -2.22. The van der Waals surface area contributed by atoms with E-state index in [-0.39, 0.29) is 22.3 Å². The second-order valence-corrected chi connectivity index (χ2v) is 12.7. The highest BCUT2D eigenvalue weighted by Gasteiger charge is 2.48. The van der Waals surface area contributed by atoms with Crippen LogP contribution in [0.5, 0.6) is 11.5 Å². The van der Waals surface area contributed by atoms with Crippen molar-refractivity contribution in [2.24, 2.45) is 0 Å². The van der Waals surface area contributed by atoms with Crippen molar-refractivity contribution in [2.75, 3.05) is 12.0 Å². The number of thioether (sulfide) groups is 1. The number of nitrogens with zero attached hydrogens (tertiary/aromatic N) is 3. The van der Waals surface area contributed by atoms with Crippen molar-refractivity contribution in [2.45, 2.75) is 29.7 Å². The van der Waals surface area contributed by atoms with E-state index in [1.807, 2.05) is 31.2 Å². The first kappa shape index (κ1) is 31.0. The van der Waals surface area contributed by atoms with Gasteiger partial charge in [-0.3, -0.25) is 14.5 Å². The zero-order chi connectivity index (χ0) is 32.2. The fourth-order valence-electron chi connectivity index (χ4n) is 5.05. The van der Waals surface area contributed by atoms with Gasteiger partial charge < -0.3 is 14.6 Å². The first-order valence-electron chi connectivity index (χ1n) is 14.2. The molecule has 11 heteroatoms. The van der Waals surface area contributed by atoms with Gasteiger partial charge in [0.2, 0.25) is 5.13 Å². The van der Waals surface area contributed by atoms with Crippen molar-refractivity contribution in [3.05, 3.63) is 136 Å². The highest BCUT2D eigenvalue weighted by molar-refractivity contribution is 8.00. The summed E-state index contributed by atoms with van der Waals surface area (Å²) in [7, 11) is 1.54. The molecule has 46 heavy (non-hydrogen) atoms. The van der Waals surface area contributed by atoms with Crippen molar-refractivity contribution in [3.63, 3.8) is 0 Å². The fraction of sp³-hybridized carbons (Fsp3) is 0.143. The van der Waals surface area contributed by atoms with Gasteiger partial charge in [-0.15, -0.1) is 10.2 Å². The largest absolute Gasteiger partial charge is 0.507 e. The summed E-state index contributed by atoms with van der Waals surface area (Å²) in [4.78, 5) is 28.4. The maximum Gasteiger partial charge on any atom is 0.301 e. The first-order valence-corrected chi connectivity index (χ1v) is 16.1. The summed E-state index contributed by atoms with van der Waals surface area (Å²) in [5, 5.41) is 20.2. The molecule has 1 unspecified atom stereocenters. The smallest absolute Gasteiger partial charge is 0.301 e. The molecule has 1 fully saturated rings. The molecule has 1 aliphatic heterocycles. The van der Waals surface area contributed by atoms with Crippen molar-refractivity contribution in [1.82, 2.24) is 10.2 Å². The number of hydrogen-bond donors (Lipinski definition) is 1. The molecule has 1 amide bonds. The Bertz CT molecular complexity index is 1910. The van der Waals surface area contributed by atoms with Crippen LogP contribution in [0.2, 0.25) is 0 Å². The van der Waals surface area contributed by atoms with E-state index in [0.717, 1.165) is 28.0 Å². The number of methoxy groups -OCH3 is 1. The number of halogens is 1. The second kappa shape index (κ2) is 13.6. The fourth-order valence-corrected chi connectivity index (χ4v) is 6.87. The minimum absolute atomic E-state index is 0.0701. The highest BCUT2D eigenvalue weighted by Crippen LogP contribution is 2.44. The quantitative estimate of drug-likeness (QED) is 0.0544. The van der Waals surface area contributed by atoms with Crippen LogP contribution in [0.25, 0.3) is 5.76 Å². The summed E-state index contributed by atoms with van der Waals surface area (Å²) in [5.41, 5.74) is 3.92. The third-order valence-electron chi connectivity index (χ3n) is 7.37. The van der Waals surface area contributed by atoms with Crippen molar-refractivity contribution in [1.29, 1.82) is 0 Å². The number of carbonyl (C=O) groups is 2. The predicted octanol–water partition coefficient (Wildman–Crippen LogP) is 7.49. The number of ether oxygens (including phenoxy) is 2. The lowest BCUT2D eigenvalue weighted by atomic mass is 9.95. The Balaban J connectivity index is 1.30. The Morgan fingerprint density at radius 2 is 1.65 bits per heavy atom. The third kappa shape index (κ3) is 6.65. The van der Waals surface area contributed by atoms with Gasteiger partial charge in [0.25, 0.3) is 5.78 Å². The van der Waals surface area contributed by atoms with Crippen molar-refractivity contribution < 1.29 is 28.6 Å². The SMILES string of the molecule is COc1ccc(C2/C(=C(\O)c3ccc(OCc4cccc(C)c4)cc3)C(=O)C(=O)N2c2nnc(SCc3ccc(F)cc3)s2)cc1. The number of Topliss-reactive ketones (excluding diaryl/α,β-unsaturated/α-hetero) is 1. The third-order valence-corrected chi connectivity index (χ3v) is 9.50. The molecule has 0 saturated carbocycles. The van der Waals surface area contributed by atoms with Gasteiger partial charge in [0.15, 0.2) is 4.34 Å². The molecule has 1 N–H and O–H groups in total. The Kier molecular flexibility index (Phi) is 9.13. The van der Waals surface area contributed by atoms with E-state index in [9.17, 15) is 19.1 Å². The second-order valence-electron chi connectivity index (χ2n) is 10.5. The summed E-state index contributed by atoms with van der Waals surface area (Å²) in [6.07, 6.45) is 0. The molecule has 2 heterocycles. The van der Waals surface area contributed by atoms with E-state index in [1.54, 1.807) is 67.8 Å². The lowest BCUT2D eigenvalue weighted by molar-refractivity contribution is -0.132. The molecule has 5 aromatic rings. The number of rotatable bonds is 10. The number of aryl methyl sites for hydroxylation is 1. The molecular weight excluding hydrogens is 626 g/mol. The summed E-state index contributed by atoms with van der Waals surface area (Å²) in [6, 6.07) is 26.8. The van der Waals surface area contributed by atoms with Crippen LogP contribution in [0.1, 0.15) is 33.9 Å². The minimum Gasteiger partial charge on any atom is -0.507 e. The molecule has 0 bridgehead atoms. The van der Waals surface area contributed by atoms with E-state index in [4.69, 9.17) is 9.47 Å². The maximum absolute atomic E-state index is 13.6. The number of carbonyl (C=O) groups excluding carboxylic acids is 2. The number of amides is 1. The van der Waals surface area contributed by atoms with Gasteiger partial charge in [-0.1, -0.05) is 77.2 Å². The molecule has 8 nitrogen and oxygen atoms in total. The van der Waals surface area contributed by atoms with Crippen LogP contribution < -0.4 is 14.4 Å². The molecule has 1 atom stereocenters. The Morgan fingerprint density at radius 1 is 0.935 bits per heavy atom. The van der Waals surface area contributed by atoms with Gasteiger partial charge in [0.05, 0.1) is 18.7 Å². The van der Waals surface area contributed by atoms with Crippen LogP contribution in [0, 0.1) is 12.7 Å². The number of aliphatic hydroxyl groups excluding tert-OH is 1. The van der Waals surface area contributed by atoms with E-state index in [2.05, 4.69) is 10.2 Å². The molecule has 1 aliphatic rings. The highest BCUT2D eigenvalue weighted by atomic mass is 32.2. The summed E-state index contributed by atoms with van der Waals surface area (Å²) in [6.45, 7) is 2.39. The van der Waals surface area contributed by atoms with E-state index >= 15 is 0 Å². The summed E-state index contributed by atoms with van der Waals surface area (Å²) >= 11 is 2.54. The van der Waals surface area contributed by atoms with Crippen molar-refractivity contribution >= 4 is 45.7 Å². The zero-order valence-corrected chi connectivity index (χ0v) is 26.5. The molecule has 4 aromatic carbocycles. The minimum atomic E-state index is -0.967. The lowest BCUT2D eigenvalue weighted by Crippen LogP contribution is -2.29. The van der Waals surface area contributed by atoms with Crippen LogP contribution in [0.15, 0.2) is 107 Å². The van der Waals surface area contributed by atoms with E-state index in [0.29, 0.717) is 39.3 Å². The van der Waals surface area contributed by atoms with Crippen LogP contribution >= 0.6 is 23.1 Å². The van der Waals surface area contributed by atoms with Crippen LogP contribution in [-0.4, -0.2) is 34.1 Å². The Labute approximate surface area is 273 Å². The number of anilines is 1. The molecule has 1 saturated heterocycles. The Morgan fingerprint density at radius 3 is 2.35 bits per heavy atom. The molecule has 0 aliphatic carbocycles. The van der Waals surface area contributed by atoms with Gasteiger partial charge >= 0.3 is 5.91 Å². The molecule has 0 spiro atoms. The normalized spacial score (nSPS) is 15.7. The maximum atomic E-state index is 13.6. The van der Waals surface area contributed by atoms with Crippen LogP contribution in [-0.2, 0) is 21.9 Å². The molecule has 1 aromatic heterocycles. The van der Waals surface area contributed by atoms with Gasteiger partial charge in [-0.25, -0.2) is 4.39 Å². The molecule has 232 valence electrons. The number of aliphatic hydroxyl groups is 1. The number of ketones is 1. The van der Waals surface area contributed by atoms with Gasteiger partial charge in [0, 0.05) is 11.3 Å². The summed E-state index contributed by atoms with van der Waals surface area (Å²) < 4.78 is 25.1. The number of aromatic nitrogens is 2.